The first kappa shape index (κ1) is 12.4. The number of hydrogen-bond acceptors (Lipinski definition) is 3. The largest absolute Gasteiger partial charge is 0.489 e. The molecule has 0 unspecified atom stereocenters. The van der Waals surface area contributed by atoms with E-state index in [-0.39, 0.29) is 12.4 Å². The molecule has 0 spiro atoms. The minimum Gasteiger partial charge on any atom is -0.489 e. The van der Waals surface area contributed by atoms with Crippen LogP contribution in [0.1, 0.15) is 5.56 Å². The Balaban J connectivity index is 1.79. The lowest BCUT2D eigenvalue weighted by molar-refractivity contribution is 0.300. The van der Waals surface area contributed by atoms with Crippen molar-refractivity contribution in [2.24, 2.45) is 0 Å². The van der Waals surface area contributed by atoms with Crippen molar-refractivity contribution in [2.75, 3.05) is 5.73 Å². The second kappa shape index (κ2) is 5.17. The van der Waals surface area contributed by atoms with Gasteiger partial charge in [-0.2, -0.15) is 0 Å². The fourth-order valence-electron chi connectivity index (χ4n) is 1.98. The highest BCUT2D eigenvalue weighted by atomic mass is 19.1. The van der Waals surface area contributed by atoms with Gasteiger partial charge in [0.1, 0.15) is 18.2 Å². The van der Waals surface area contributed by atoms with E-state index in [0.29, 0.717) is 17.0 Å². The lowest BCUT2D eigenvalue weighted by Crippen LogP contribution is -1.99. The zero-order valence-corrected chi connectivity index (χ0v) is 10.7. The first-order chi connectivity index (χ1) is 9.72. The van der Waals surface area contributed by atoms with E-state index in [2.05, 4.69) is 4.98 Å². The predicted octanol–water partition coefficient (Wildman–Crippen LogP) is 3.54. The molecule has 0 aliphatic heterocycles. The number of rotatable bonds is 3. The first-order valence-corrected chi connectivity index (χ1v) is 6.24. The number of halogens is 1. The molecule has 0 aliphatic carbocycles. The van der Waals surface area contributed by atoms with Gasteiger partial charge in [-0.15, -0.1) is 0 Å². The Kier molecular flexibility index (Phi) is 3.21. The van der Waals surface area contributed by atoms with E-state index >= 15 is 0 Å². The Morgan fingerprint density at radius 3 is 2.85 bits per heavy atom. The van der Waals surface area contributed by atoms with Gasteiger partial charge in [0.15, 0.2) is 0 Å². The standard InChI is InChI=1S/C16H13FN2O/c17-15-8-13(18)5-3-12(15)10-20-14-6-4-11-2-1-7-19-16(11)9-14/h1-9H,10,18H2. The van der Waals surface area contributed by atoms with Gasteiger partial charge < -0.3 is 10.5 Å². The second-order valence-electron chi connectivity index (χ2n) is 4.50. The Hall–Kier alpha value is -2.62. The zero-order valence-electron chi connectivity index (χ0n) is 10.7. The molecule has 0 saturated carbocycles. The van der Waals surface area contributed by atoms with Crippen molar-refractivity contribution in [1.29, 1.82) is 0 Å². The van der Waals surface area contributed by atoms with E-state index in [1.807, 2.05) is 30.3 Å². The van der Waals surface area contributed by atoms with Gasteiger partial charge in [-0.05, 0) is 30.3 Å². The van der Waals surface area contributed by atoms with Crippen molar-refractivity contribution in [3.05, 3.63) is 66.1 Å². The minimum atomic E-state index is -0.357. The van der Waals surface area contributed by atoms with Gasteiger partial charge in [-0.1, -0.05) is 12.1 Å². The minimum absolute atomic E-state index is 0.157. The van der Waals surface area contributed by atoms with Gasteiger partial charge in [0.2, 0.25) is 0 Å². The summed E-state index contributed by atoms with van der Waals surface area (Å²) in [6, 6.07) is 14.0. The average molecular weight is 268 g/mol. The van der Waals surface area contributed by atoms with Gasteiger partial charge >= 0.3 is 0 Å². The molecular formula is C16H13FN2O. The summed E-state index contributed by atoms with van der Waals surface area (Å²) in [4.78, 5) is 4.26. The lowest BCUT2D eigenvalue weighted by atomic mass is 10.2. The van der Waals surface area contributed by atoms with Gasteiger partial charge in [0.25, 0.3) is 0 Å². The van der Waals surface area contributed by atoms with Crippen molar-refractivity contribution in [2.45, 2.75) is 6.61 Å². The van der Waals surface area contributed by atoms with Crippen LogP contribution in [-0.2, 0) is 6.61 Å². The van der Waals surface area contributed by atoms with Crippen molar-refractivity contribution in [3.63, 3.8) is 0 Å². The highest BCUT2D eigenvalue weighted by Gasteiger charge is 2.04. The molecule has 0 amide bonds. The van der Waals surface area contributed by atoms with Gasteiger partial charge in [-0.25, -0.2) is 4.39 Å². The molecule has 4 heteroatoms. The number of hydrogen-bond donors (Lipinski definition) is 1. The quantitative estimate of drug-likeness (QED) is 0.739. The highest BCUT2D eigenvalue weighted by Crippen LogP contribution is 2.20. The van der Waals surface area contributed by atoms with Crippen LogP contribution >= 0.6 is 0 Å². The lowest BCUT2D eigenvalue weighted by Gasteiger charge is -2.08. The van der Waals surface area contributed by atoms with E-state index in [1.165, 1.54) is 6.07 Å². The molecule has 3 nitrogen and oxygen atoms in total. The van der Waals surface area contributed by atoms with Crippen molar-refractivity contribution >= 4 is 16.6 Å². The maximum Gasteiger partial charge on any atom is 0.131 e. The van der Waals surface area contributed by atoms with Crippen LogP contribution in [0.5, 0.6) is 5.75 Å². The number of nitrogens with zero attached hydrogens (tertiary/aromatic N) is 1. The summed E-state index contributed by atoms with van der Waals surface area (Å²) in [5.41, 5.74) is 7.23. The summed E-state index contributed by atoms with van der Waals surface area (Å²) in [7, 11) is 0. The third-order valence-corrected chi connectivity index (χ3v) is 3.05. The number of ether oxygens (including phenoxy) is 1. The number of benzene rings is 2. The number of fused-ring (bicyclic) bond motifs is 1. The number of pyridine rings is 1. The Morgan fingerprint density at radius 1 is 1.10 bits per heavy atom. The molecule has 3 rings (SSSR count). The molecule has 0 fully saturated rings. The van der Waals surface area contributed by atoms with E-state index in [9.17, 15) is 4.39 Å². The smallest absolute Gasteiger partial charge is 0.131 e. The van der Waals surface area contributed by atoms with Crippen LogP contribution in [0, 0.1) is 5.82 Å². The average Bonchev–Trinajstić information content (AvgIpc) is 2.46. The monoisotopic (exact) mass is 268 g/mol. The zero-order chi connectivity index (χ0) is 13.9. The summed E-state index contributed by atoms with van der Waals surface area (Å²) in [6.07, 6.45) is 1.73. The molecule has 20 heavy (non-hydrogen) atoms. The topological polar surface area (TPSA) is 48.1 Å². The summed E-state index contributed by atoms with van der Waals surface area (Å²) in [6.45, 7) is 0.157. The summed E-state index contributed by atoms with van der Waals surface area (Å²) in [5, 5.41) is 1.04. The Morgan fingerprint density at radius 2 is 2.00 bits per heavy atom. The normalized spacial score (nSPS) is 10.7. The van der Waals surface area contributed by atoms with E-state index in [0.717, 1.165) is 10.9 Å². The summed E-state index contributed by atoms with van der Waals surface area (Å²) >= 11 is 0. The molecule has 0 atom stereocenters. The maximum atomic E-state index is 13.6. The molecule has 0 radical (unpaired) electrons. The SMILES string of the molecule is Nc1ccc(COc2ccc3cccnc3c2)c(F)c1. The number of nitrogens with two attached hydrogens (primary N) is 1. The summed E-state index contributed by atoms with van der Waals surface area (Å²) < 4.78 is 19.2. The first-order valence-electron chi connectivity index (χ1n) is 6.24. The fourth-order valence-corrected chi connectivity index (χ4v) is 1.98. The second-order valence-corrected chi connectivity index (χ2v) is 4.50. The number of anilines is 1. The van der Waals surface area contributed by atoms with E-state index < -0.39 is 0 Å². The van der Waals surface area contributed by atoms with Crippen LogP contribution in [0.3, 0.4) is 0 Å². The molecule has 3 aromatic rings. The van der Waals surface area contributed by atoms with Crippen molar-refractivity contribution < 1.29 is 9.13 Å². The van der Waals surface area contributed by atoms with Crippen LogP contribution in [0.2, 0.25) is 0 Å². The maximum absolute atomic E-state index is 13.6. The third-order valence-electron chi connectivity index (χ3n) is 3.05. The molecular weight excluding hydrogens is 255 g/mol. The summed E-state index contributed by atoms with van der Waals surface area (Å²) in [5.74, 6) is 0.302. The third kappa shape index (κ3) is 2.54. The molecule has 2 N–H and O–H groups in total. The van der Waals surface area contributed by atoms with Crippen LogP contribution in [0.4, 0.5) is 10.1 Å². The fraction of sp³-hybridized carbons (Fsp3) is 0.0625. The molecule has 2 aromatic carbocycles. The van der Waals surface area contributed by atoms with Gasteiger partial charge in [0, 0.05) is 28.9 Å². The molecule has 0 saturated heterocycles. The molecule has 1 aromatic heterocycles. The van der Waals surface area contributed by atoms with Crippen LogP contribution in [-0.4, -0.2) is 4.98 Å². The van der Waals surface area contributed by atoms with E-state index in [4.69, 9.17) is 10.5 Å². The van der Waals surface area contributed by atoms with E-state index in [1.54, 1.807) is 18.3 Å². The Bertz CT molecular complexity index is 758. The highest BCUT2D eigenvalue weighted by molar-refractivity contribution is 5.79. The van der Waals surface area contributed by atoms with Gasteiger partial charge in [0.05, 0.1) is 5.52 Å². The molecule has 0 aliphatic rings. The van der Waals surface area contributed by atoms with Crippen LogP contribution in [0.25, 0.3) is 10.9 Å². The number of nitrogen functional groups attached to an aromatic ring is 1. The molecule has 1 heterocycles. The molecule has 100 valence electrons. The molecule has 0 bridgehead atoms. The Labute approximate surface area is 115 Å². The van der Waals surface area contributed by atoms with Crippen LogP contribution < -0.4 is 10.5 Å². The van der Waals surface area contributed by atoms with Crippen molar-refractivity contribution in [3.8, 4) is 5.75 Å². The van der Waals surface area contributed by atoms with Crippen molar-refractivity contribution in [1.82, 2.24) is 4.98 Å². The van der Waals surface area contributed by atoms with Gasteiger partial charge in [-0.3, -0.25) is 4.98 Å². The number of aromatic nitrogens is 1. The predicted molar refractivity (Wildman–Crippen MR) is 76.9 cm³/mol. The van der Waals surface area contributed by atoms with Crippen LogP contribution in [0.15, 0.2) is 54.7 Å².